The number of para-hydroxylation sites is 1. The Bertz CT molecular complexity index is 630. The lowest BCUT2D eigenvalue weighted by Gasteiger charge is -2.22. The summed E-state index contributed by atoms with van der Waals surface area (Å²) in [5, 5.41) is 0.408. The summed E-state index contributed by atoms with van der Waals surface area (Å²) in [6.07, 6.45) is 0.997. The lowest BCUT2D eigenvalue weighted by molar-refractivity contribution is -0.116. The zero-order chi connectivity index (χ0) is 14.7. The number of carbonyl (C=O) groups excluding carboxylic acids is 1. The summed E-state index contributed by atoms with van der Waals surface area (Å²) in [5.41, 5.74) is 7.83. The molecule has 1 heterocycles. The first kappa shape index (κ1) is 14.0. The van der Waals surface area contributed by atoms with Crippen molar-refractivity contribution in [1.29, 1.82) is 0 Å². The van der Waals surface area contributed by atoms with E-state index < -0.39 is 0 Å². The number of fused-ring (bicyclic) bond motifs is 1. The molecule has 2 aromatic rings. The molecule has 0 radical (unpaired) electrons. The van der Waals surface area contributed by atoms with E-state index in [-0.39, 0.29) is 12.5 Å². The molecule has 1 amide bonds. The van der Waals surface area contributed by atoms with Crippen LogP contribution in [0.2, 0.25) is 0 Å². The second-order valence-corrected chi connectivity index (χ2v) is 6.41. The molecule has 1 aliphatic rings. The highest BCUT2D eigenvalue weighted by molar-refractivity contribution is 7.99. The summed E-state index contributed by atoms with van der Waals surface area (Å²) in [6.45, 7) is 1.12. The van der Waals surface area contributed by atoms with Gasteiger partial charge in [-0.25, -0.2) is 0 Å². The second kappa shape index (κ2) is 6.22. The van der Waals surface area contributed by atoms with Gasteiger partial charge in [-0.2, -0.15) is 0 Å². The number of carbonyl (C=O) groups is 1. The van der Waals surface area contributed by atoms with Gasteiger partial charge >= 0.3 is 0 Å². The van der Waals surface area contributed by atoms with Crippen LogP contribution in [0, 0.1) is 0 Å². The van der Waals surface area contributed by atoms with Crippen molar-refractivity contribution in [2.24, 2.45) is 5.73 Å². The molecule has 0 bridgehead atoms. The van der Waals surface area contributed by atoms with E-state index in [0.29, 0.717) is 5.25 Å². The molecular weight excluding hydrogens is 280 g/mol. The molecule has 21 heavy (non-hydrogen) atoms. The van der Waals surface area contributed by atoms with Crippen molar-refractivity contribution in [3.8, 4) is 0 Å². The Hall–Kier alpha value is -1.94. The molecule has 3 rings (SSSR count). The average molecular weight is 298 g/mol. The molecular formula is C17H18N2OS. The molecule has 4 heteroatoms. The first-order chi connectivity index (χ1) is 10.2. The highest BCUT2D eigenvalue weighted by atomic mass is 32.2. The fourth-order valence-corrected chi connectivity index (χ4v) is 3.98. The Morgan fingerprint density at radius 1 is 1.14 bits per heavy atom. The maximum Gasteiger partial charge on any atom is 0.236 e. The number of amides is 1. The quantitative estimate of drug-likeness (QED) is 0.946. The highest BCUT2D eigenvalue weighted by Crippen LogP contribution is 2.44. The van der Waals surface area contributed by atoms with Gasteiger partial charge in [0.25, 0.3) is 0 Å². The van der Waals surface area contributed by atoms with Crippen LogP contribution in [-0.4, -0.2) is 19.0 Å². The molecule has 108 valence electrons. The molecule has 2 N–H and O–H groups in total. The van der Waals surface area contributed by atoms with Gasteiger partial charge in [0, 0.05) is 16.7 Å². The average Bonchev–Trinajstić information content (AvgIpc) is 2.68. The Morgan fingerprint density at radius 3 is 2.62 bits per heavy atom. The SMILES string of the molecule is NC(=O)CN1CC[C@H](c2ccccc2)Sc2ccccc21. The molecule has 1 atom stereocenters. The Kier molecular flexibility index (Phi) is 4.15. The van der Waals surface area contributed by atoms with Gasteiger partial charge in [-0.3, -0.25) is 4.79 Å². The van der Waals surface area contributed by atoms with E-state index in [9.17, 15) is 4.79 Å². The van der Waals surface area contributed by atoms with Crippen molar-refractivity contribution < 1.29 is 4.79 Å². The molecule has 0 spiro atoms. The van der Waals surface area contributed by atoms with E-state index in [4.69, 9.17) is 5.73 Å². The van der Waals surface area contributed by atoms with Gasteiger partial charge < -0.3 is 10.6 Å². The molecule has 2 aromatic carbocycles. The van der Waals surface area contributed by atoms with E-state index in [1.54, 1.807) is 0 Å². The van der Waals surface area contributed by atoms with Crippen LogP contribution >= 0.6 is 11.8 Å². The topological polar surface area (TPSA) is 46.3 Å². The summed E-state index contributed by atoms with van der Waals surface area (Å²) < 4.78 is 0. The first-order valence-electron chi connectivity index (χ1n) is 7.08. The largest absolute Gasteiger partial charge is 0.368 e. The Balaban J connectivity index is 1.92. The van der Waals surface area contributed by atoms with Crippen molar-refractivity contribution in [2.75, 3.05) is 18.0 Å². The van der Waals surface area contributed by atoms with E-state index >= 15 is 0 Å². The van der Waals surface area contributed by atoms with Gasteiger partial charge in [0.05, 0.1) is 12.2 Å². The number of hydrogen-bond acceptors (Lipinski definition) is 3. The maximum atomic E-state index is 11.3. The van der Waals surface area contributed by atoms with Crippen LogP contribution in [0.4, 0.5) is 5.69 Å². The molecule has 0 aromatic heterocycles. The summed E-state index contributed by atoms with van der Waals surface area (Å²) in [7, 11) is 0. The fraction of sp³-hybridized carbons (Fsp3) is 0.235. The smallest absolute Gasteiger partial charge is 0.236 e. The van der Waals surface area contributed by atoms with Crippen molar-refractivity contribution in [1.82, 2.24) is 0 Å². The van der Waals surface area contributed by atoms with Crippen molar-refractivity contribution in [3.63, 3.8) is 0 Å². The van der Waals surface area contributed by atoms with E-state index in [1.807, 2.05) is 30.0 Å². The predicted octanol–water partition coefficient (Wildman–Crippen LogP) is 3.22. The predicted molar refractivity (Wildman–Crippen MR) is 87.5 cm³/mol. The zero-order valence-corrected chi connectivity index (χ0v) is 12.6. The number of anilines is 1. The molecule has 0 aliphatic carbocycles. The van der Waals surface area contributed by atoms with Gasteiger partial charge in [-0.05, 0) is 24.1 Å². The molecule has 0 saturated carbocycles. The number of benzene rings is 2. The zero-order valence-electron chi connectivity index (χ0n) is 11.7. The van der Waals surface area contributed by atoms with Gasteiger partial charge in [0.2, 0.25) is 5.91 Å². The summed E-state index contributed by atoms with van der Waals surface area (Å²) in [4.78, 5) is 14.6. The third-order valence-corrected chi connectivity index (χ3v) is 5.05. The minimum atomic E-state index is -0.284. The van der Waals surface area contributed by atoms with Gasteiger partial charge in [-0.1, -0.05) is 42.5 Å². The number of nitrogens with zero attached hydrogens (tertiary/aromatic N) is 1. The van der Waals surface area contributed by atoms with Crippen LogP contribution in [0.3, 0.4) is 0 Å². The van der Waals surface area contributed by atoms with Gasteiger partial charge in [0.1, 0.15) is 0 Å². The van der Waals surface area contributed by atoms with Crippen molar-refractivity contribution in [2.45, 2.75) is 16.6 Å². The van der Waals surface area contributed by atoms with Crippen molar-refractivity contribution in [3.05, 3.63) is 60.2 Å². The number of primary amides is 1. The van der Waals surface area contributed by atoms with E-state index in [1.165, 1.54) is 10.5 Å². The van der Waals surface area contributed by atoms with Gasteiger partial charge in [0.15, 0.2) is 0 Å². The molecule has 3 nitrogen and oxygen atoms in total. The third-order valence-electron chi connectivity index (χ3n) is 3.65. The fourth-order valence-electron chi connectivity index (χ4n) is 2.68. The number of hydrogen-bond donors (Lipinski definition) is 1. The Morgan fingerprint density at radius 2 is 1.86 bits per heavy atom. The monoisotopic (exact) mass is 298 g/mol. The summed E-state index contributed by atoms with van der Waals surface area (Å²) in [6, 6.07) is 18.8. The molecule has 0 fully saturated rings. The second-order valence-electron chi connectivity index (χ2n) is 5.16. The minimum absolute atomic E-state index is 0.277. The first-order valence-corrected chi connectivity index (χ1v) is 7.96. The number of rotatable bonds is 3. The van der Waals surface area contributed by atoms with E-state index in [2.05, 4.69) is 41.3 Å². The minimum Gasteiger partial charge on any atom is -0.368 e. The number of nitrogens with two attached hydrogens (primary N) is 1. The molecule has 1 aliphatic heterocycles. The van der Waals surface area contributed by atoms with Crippen LogP contribution in [0.1, 0.15) is 17.2 Å². The standard InChI is InChI=1S/C17H18N2OS/c18-17(20)12-19-11-10-15(13-6-2-1-3-7-13)21-16-9-5-4-8-14(16)19/h1-9,15H,10-12H2,(H2,18,20)/t15-/m1/s1. The lowest BCUT2D eigenvalue weighted by atomic mass is 10.1. The lowest BCUT2D eigenvalue weighted by Crippen LogP contribution is -2.34. The summed E-state index contributed by atoms with van der Waals surface area (Å²) in [5.74, 6) is -0.284. The van der Waals surface area contributed by atoms with E-state index in [0.717, 1.165) is 18.7 Å². The number of thioether (sulfide) groups is 1. The molecule has 0 unspecified atom stereocenters. The van der Waals surface area contributed by atoms with Crippen LogP contribution < -0.4 is 10.6 Å². The third kappa shape index (κ3) is 3.22. The van der Waals surface area contributed by atoms with Crippen molar-refractivity contribution >= 4 is 23.4 Å². The van der Waals surface area contributed by atoms with Crippen LogP contribution in [-0.2, 0) is 4.79 Å². The van der Waals surface area contributed by atoms with Crippen LogP contribution in [0.5, 0.6) is 0 Å². The van der Waals surface area contributed by atoms with Gasteiger partial charge in [-0.15, -0.1) is 11.8 Å². The maximum absolute atomic E-state index is 11.3. The highest BCUT2D eigenvalue weighted by Gasteiger charge is 2.23. The van der Waals surface area contributed by atoms with Crippen LogP contribution in [0.25, 0.3) is 0 Å². The van der Waals surface area contributed by atoms with Crippen LogP contribution in [0.15, 0.2) is 59.5 Å². The Labute approximate surface area is 129 Å². The summed E-state index contributed by atoms with van der Waals surface area (Å²) >= 11 is 1.87. The normalized spacial score (nSPS) is 17.9. The molecule has 0 saturated heterocycles.